The number of ketones is 2. The van der Waals surface area contributed by atoms with Crippen molar-refractivity contribution in [1.29, 1.82) is 0 Å². The number of rotatable bonds is 31. The van der Waals surface area contributed by atoms with Gasteiger partial charge in [-0.3, -0.25) is 19.2 Å². The number of hydrogen-bond acceptors (Lipinski definition) is 19. The normalized spacial score (nSPS) is 15.0. The van der Waals surface area contributed by atoms with Crippen LogP contribution in [0.15, 0.2) is 0 Å². The Balaban J connectivity index is 0. The monoisotopic (exact) mass is 832 g/mol. The van der Waals surface area contributed by atoms with Crippen LogP contribution in [0.3, 0.4) is 0 Å². The van der Waals surface area contributed by atoms with Crippen molar-refractivity contribution in [3.63, 3.8) is 0 Å². The van der Waals surface area contributed by atoms with Crippen molar-refractivity contribution in [3.8, 4) is 0 Å². The molecular formula is C28H50O16P2S4. The van der Waals surface area contributed by atoms with Crippen molar-refractivity contribution >= 4 is 101 Å². The maximum absolute atomic E-state index is 12.3. The molecule has 0 aromatic carbocycles. The molecule has 0 aliphatic carbocycles. The summed E-state index contributed by atoms with van der Waals surface area (Å²) in [6.07, 6.45) is 6.11. The summed E-state index contributed by atoms with van der Waals surface area (Å²) < 4.78 is 46.5. The molecule has 0 spiro atoms. The molecule has 0 aliphatic heterocycles. The lowest BCUT2D eigenvalue weighted by Crippen LogP contribution is -2.56. The molecule has 0 fully saturated rings. The van der Waals surface area contributed by atoms with Gasteiger partial charge >= 0.3 is 23.5 Å². The van der Waals surface area contributed by atoms with Gasteiger partial charge in [-0.1, -0.05) is 0 Å². The van der Waals surface area contributed by atoms with Crippen LogP contribution in [0.2, 0.25) is 0 Å². The molecule has 7 atom stereocenters. The molecule has 22 heteroatoms. The van der Waals surface area contributed by atoms with Crippen LogP contribution in [-0.2, 0) is 70.5 Å². The van der Waals surface area contributed by atoms with E-state index in [0.717, 1.165) is 18.4 Å². The number of aliphatic carboxylic acids is 1. The molecule has 0 amide bonds. The zero-order valence-corrected chi connectivity index (χ0v) is 34.7. The molecule has 0 bridgehead atoms. The Labute approximate surface area is 314 Å². The van der Waals surface area contributed by atoms with Crippen LogP contribution in [0, 0.1) is 0 Å². The largest absolute Gasteiger partial charge is 0.477 e. The second kappa shape index (κ2) is 32.9. The fraction of sp³-hybridized carbons (Fsp3) is 0.786. The van der Waals surface area contributed by atoms with Crippen molar-refractivity contribution in [1.82, 2.24) is 0 Å². The van der Waals surface area contributed by atoms with Crippen LogP contribution < -0.4 is 0 Å². The van der Waals surface area contributed by atoms with Crippen molar-refractivity contribution in [2.45, 2.75) is 50.3 Å². The summed E-state index contributed by atoms with van der Waals surface area (Å²) in [5.41, 5.74) is -3.04. The second-order valence-electron chi connectivity index (χ2n) is 9.72. The summed E-state index contributed by atoms with van der Waals surface area (Å²) in [6, 6.07) is 0. The highest BCUT2D eigenvalue weighted by molar-refractivity contribution is 7.99. The van der Waals surface area contributed by atoms with Gasteiger partial charge in [0.1, 0.15) is 24.4 Å². The van der Waals surface area contributed by atoms with Gasteiger partial charge in [-0.25, -0.2) is 9.59 Å². The summed E-state index contributed by atoms with van der Waals surface area (Å²) in [6.45, 7) is 2.83. The third kappa shape index (κ3) is 23.7. The van der Waals surface area contributed by atoms with Crippen LogP contribution in [0.1, 0.15) is 20.3 Å². The number of Topliss-reactive ketones (excluding diaryl/α,β-unsaturated/α-hetero) is 2. The summed E-state index contributed by atoms with van der Waals surface area (Å²) in [4.78, 5) is 68.3. The number of methoxy groups -OCH3 is 2. The first-order valence-corrected chi connectivity index (χ1v) is 21.8. The van der Waals surface area contributed by atoms with E-state index >= 15 is 0 Å². The van der Waals surface area contributed by atoms with E-state index in [0.29, 0.717) is 19.0 Å². The molecular weight excluding hydrogens is 783 g/mol. The predicted molar refractivity (Wildman–Crippen MR) is 199 cm³/mol. The molecule has 16 nitrogen and oxygen atoms in total. The Hall–Kier alpha value is -0.760. The predicted octanol–water partition coefficient (Wildman–Crippen LogP) is 2.93. The molecule has 50 heavy (non-hydrogen) atoms. The van der Waals surface area contributed by atoms with Gasteiger partial charge in [0.2, 0.25) is 0 Å². The van der Waals surface area contributed by atoms with E-state index in [4.69, 9.17) is 37.0 Å². The molecule has 0 saturated carbocycles. The third-order valence-corrected chi connectivity index (χ3v) is 9.62. The Kier molecular flexibility index (Phi) is 33.7. The maximum Gasteiger partial charge on any atom is 0.371 e. The van der Waals surface area contributed by atoms with Gasteiger partial charge in [0.15, 0.2) is 23.9 Å². The highest BCUT2D eigenvalue weighted by Gasteiger charge is 2.56. The van der Waals surface area contributed by atoms with Gasteiger partial charge in [0.25, 0.3) is 6.47 Å². The quantitative estimate of drug-likeness (QED) is 0.0266. The Bertz CT molecular complexity index is 970. The van der Waals surface area contributed by atoms with E-state index in [1.165, 1.54) is 18.7 Å². The molecule has 0 radical (unpaired) electrons. The van der Waals surface area contributed by atoms with E-state index in [9.17, 15) is 33.9 Å². The molecule has 1 N–H and O–H groups in total. The smallest absolute Gasteiger partial charge is 0.371 e. The Morgan fingerprint density at radius 3 is 1.38 bits per heavy atom. The highest BCUT2D eigenvalue weighted by atomic mass is 32.2. The number of carbonyl (C=O) groups is 6. The van der Waals surface area contributed by atoms with Crippen LogP contribution in [0.4, 0.5) is 0 Å². The minimum atomic E-state index is -3.04. The number of carboxylic acids is 1. The standard InChI is InChI=1S/C15H25O10PS2.C13H25O6PS2/c1-10(17)15(13(18)19,22-9-16)14(20)25-12(8-28-4)6-24-26-23-5-11(21-2)7-27-3;1-10(14)5-13(15)19-12(9-22-4)7-18-20-17-6-11(16-2)8-21-3/h9,11-12,26H,5-8H2,1-4H3,(H,18,19);11-12,20H,5-9H2,1-4H3. The average Bonchev–Trinajstić information content (AvgIpc) is 3.05. The van der Waals surface area contributed by atoms with E-state index in [1.54, 1.807) is 55.8 Å². The number of carboxylic acid groups (broad SMARTS) is 1. The lowest BCUT2D eigenvalue weighted by Gasteiger charge is -2.25. The Morgan fingerprint density at radius 1 is 0.680 bits per heavy atom. The molecule has 0 saturated heterocycles. The van der Waals surface area contributed by atoms with E-state index in [1.807, 2.05) is 18.8 Å². The lowest BCUT2D eigenvalue weighted by molar-refractivity contribution is -0.192. The highest BCUT2D eigenvalue weighted by Crippen LogP contribution is 2.21. The van der Waals surface area contributed by atoms with Crippen LogP contribution >= 0.6 is 65.1 Å². The van der Waals surface area contributed by atoms with Gasteiger partial charge in [0.05, 0.1) is 38.6 Å². The van der Waals surface area contributed by atoms with Crippen molar-refractivity contribution in [2.24, 2.45) is 0 Å². The number of esters is 2. The first kappa shape index (κ1) is 51.3. The number of carbonyl (C=O) groups excluding carboxylic acids is 5. The molecule has 292 valence electrons. The number of thioether (sulfide) groups is 4. The fourth-order valence-electron chi connectivity index (χ4n) is 3.24. The first-order valence-electron chi connectivity index (χ1n) is 14.6. The SMILES string of the molecule is COC(COPOCC(CSC)OC(=O)C(OC=O)(C(C)=O)C(=O)O)CSC.COC(COPOCC(CSC)OC(=O)CC(C)=O)CSC. The topological polar surface area (TPSA) is 206 Å². The molecule has 7 unspecified atom stereocenters. The first-order chi connectivity index (χ1) is 23.8. The molecule has 0 aliphatic rings. The van der Waals surface area contributed by atoms with E-state index in [2.05, 4.69) is 4.74 Å². The minimum absolute atomic E-state index is 0.0430. The molecule has 0 heterocycles. The van der Waals surface area contributed by atoms with E-state index in [-0.39, 0.29) is 74.0 Å². The fourth-order valence-corrected chi connectivity index (χ4v) is 6.70. The summed E-state index contributed by atoms with van der Waals surface area (Å²) >= 11 is 6.16. The second-order valence-corrected chi connectivity index (χ2v) is 14.9. The zero-order chi connectivity index (χ0) is 38.4. The summed E-state index contributed by atoms with van der Waals surface area (Å²) in [5, 5.41) is 9.23. The van der Waals surface area contributed by atoms with Gasteiger partial charge < -0.3 is 46.9 Å². The van der Waals surface area contributed by atoms with Gasteiger partial charge in [-0.2, -0.15) is 47.0 Å². The third-order valence-electron chi connectivity index (χ3n) is 5.66. The molecule has 0 aromatic heterocycles. The molecule has 0 aromatic rings. The lowest BCUT2D eigenvalue weighted by atomic mass is 9.99. The average molecular weight is 833 g/mol. The van der Waals surface area contributed by atoms with Gasteiger partial charge in [-0.05, 0) is 38.9 Å². The number of ether oxygens (including phenoxy) is 5. The van der Waals surface area contributed by atoms with Crippen molar-refractivity contribution in [3.05, 3.63) is 0 Å². The van der Waals surface area contributed by atoms with E-state index < -0.39 is 35.4 Å². The van der Waals surface area contributed by atoms with Crippen molar-refractivity contribution < 1.29 is 75.7 Å². The van der Waals surface area contributed by atoms with Crippen LogP contribution in [-0.4, -0.2) is 160 Å². The summed E-state index contributed by atoms with van der Waals surface area (Å²) in [7, 11) is 2.74. The molecule has 0 rings (SSSR count). The van der Waals surface area contributed by atoms with Gasteiger partial charge in [0, 0.05) is 37.2 Å². The van der Waals surface area contributed by atoms with Gasteiger partial charge in [-0.15, -0.1) is 0 Å². The number of hydrogen-bond donors (Lipinski definition) is 1. The van der Waals surface area contributed by atoms with Crippen LogP contribution in [0.5, 0.6) is 0 Å². The minimum Gasteiger partial charge on any atom is -0.477 e. The van der Waals surface area contributed by atoms with Crippen LogP contribution in [0.25, 0.3) is 0 Å². The maximum atomic E-state index is 12.3. The van der Waals surface area contributed by atoms with Crippen molar-refractivity contribution in [2.75, 3.05) is 88.7 Å². The summed E-state index contributed by atoms with van der Waals surface area (Å²) in [5.74, 6) is -2.86. The Morgan fingerprint density at radius 2 is 1.06 bits per heavy atom. The zero-order valence-electron chi connectivity index (χ0n) is 29.5.